The Kier molecular flexibility index (Phi) is 25.8. The van der Waals surface area contributed by atoms with Crippen molar-refractivity contribution in [3.8, 4) is 5.69 Å². The second kappa shape index (κ2) is 30.8. The minimum Gasteiger partial charge on any atom is -0.348 e. The molecular formula is C77H102ClN5O6S. The largest absolute Gasteiger partial charge is 0.348 e. The first-order valence-corrected chi connectivity index (χ1v) is 32.4. The molecule has 4 heterocycles. The monoisotopic (exact) mass is 1260 g/mol. The van der Waals surface area contributed by atoms with Gasteiger partial charge in [-0.15, -0.1) is 11.3 Å². The van der Waals surface area contributed by atoms with Gasteiger partial charge in [-0.1, -0.05) is 239 Å². The number of nitrogens with zero attached hydrogens (tertiary/aromatic N) is 5. The van der Waals surface area contributed by atoms with Crippen molar-refractivity contribution in [3.63, 3.8) is 0 Å². The van der Waals surface area contributed by atoms with Crippen LogP contribution in [0.3, 0.4) is 0 Å². The van der Waals surface area contributed by atoms with E-state index in [0.29, 0.717) is 40.7 Å². The number of hydrogen-bond donors (Lipinski definition) is 0. The van der Waals surface area contributed by atoms with Crippen molar-refractivity contribution in [1.29, 1.82) is 0 Å². The van der Waals surface area contributed by atoms with Crippen LogP contribution in [0, 0.1) is 53.3 Å². The van der Waals surface area contributed by atoms with Crippen LogP contribution in [-0.2, 0) is 46.7 Å². The quantitative estimate of drug-likeness (QED) is 0.123. The van der Waals surface area contributed by atoms with Gasteiger partial charge in [0, 0.05) is 81.7 Å². The molecular weight excluding hydrogens is 1160 g/mol. The van der Waals surface area contributed by atoms with Gasteiger partial charge < -0.3 is 9.13 Å². The summed E-state index contributed by atoms with van der Waals surface area (Å²) in [4.78, 5) is 76.4. The fourth-order valence-corrected chi connectivity index (χ4v) is 10.5. The minimum atomic E-state index is -0.425. The van der Waals surface area contributed by atoms with Crippen LogP contribution in [-0.4, -0.2) is 58.6 Å². The molecule has 9 rings (SSSR count). The molecule has 4 aromatic heterocycles. The minimum absolute atomic E-state index is 0.0706. The third-order valence-corrected chi connectivity index (χ3v) is 16.6. The number of rotatable bonds is 10. The summed E-state index contributed by atoms with van der Waals surface area (Å²) in [5, 5.41) is 8.69. The van der Waals surface area contributed by atoms with Crippen molar-refractivity contribution in [2.75, 3.05) is 0 Å². The first kappa shape index (κ1) is 75.3. The molecule has 1 aliphatic rings. The molecule has 0 unspecified atom stereocenters. The lowest BCUT2D eigenvalue weighted by molar-refractivity contribution is -0.135. The van der Waals surface area contributed by atoms with Crippen LogP contribution in [0.4, 0.5) is 0 Å². The summed E-state index contributed by atoms with van der Waals surface area (Å²) in [6.07, 6.45) is 9.52. The van der Waals surface area contributed by atoms with E-state index in [2.05, 4.69) is 48.2 Å². The lowest BCUT2D eigenvalue weighted by atomic mass is 9.57. The zero-order valence-corrected chi connectivity index (χ0v) is 59.9. The Morgan fingerprint density at radius 2 is 1.06 bits per heavy atom. The summed E-state index contributed by atoms with van der Waals surface area (Å²) in [6.45, 7) is 41.1. The van der Waals surface area contributed by atoms with Crippen LogP contribution in [0.5, 0.6) is 0 Å². The maximum atomic E-state index is 12.7. The third kappa shape index (κ3) is 21.2. The highest BCUT2D eigenvalue weighted by Crippen LogP contribution is 2.48. The molecule has 1 aliphatic carbocycles. The fourth-order valence-electron chi connectivity index (χ4n) is 9.47. The van der Waals surface area contributed by atoms with Crippen molar-refractivity contribution in [1.82, 2.24) is 23.9 Å². The highest BCUT2D eigenvalue weighted by Gasteiger charge is 2.49. The van der Waals surface area contributed by atoms with Crippen LogP contribution in [0.15, 0.2) is 139 Å². The number of carbonyl (C=O) groups is 6. The predicted molar refractivity (Wildman–Crippen MR) is 374 cm³/mol. The van der Waals surface area contributed by atoms with Crippen molar-refractivity contribution >= 4 is 68.5 Å². The maximum absolute atomic E-state index is 12.7. The molecule has 4 aromatic carbocycles. The van der Waals surface area contributed by atoms with Gasteiger partial charge in [-0.05, 0) is 75.1 Å². The van der Waals surface area contributed by atoms with Gasteiger partial charge in [0.25, 0.3) is 0 Å². The average Bonchev–Trinajstić information content (AvgIpc) is 0.885. The summed E-state index contributed by atoms with van der Waals surface area (Å²) >= 11 is 7.92. The van der Waals surface area contributed by atoms with E-state index in [1.54, 1.807) is 28.4 Å². The Balaban J connectivity index is 0.000000232. The van der Waals surface area contributed by atoms with Crippen LogP contribution in [0.1, 0.15) is 208 Å². The third-order valence-electron chi connectivity index (χ3n) is 15.4. The Morgan fingerprint density at radius 3 is 1.49 bits per heavy atom. The first-order chi connectivity index (χ1) is 41.4. The van der Waals surface area contributed by atoms with Crippen LogP contribution < -0.4 is 0 Å². The van der Waals surface area contributed by atoms with Crippen LogP contribution >= 0.6 is 22.9 Å². The molecule has 0 N–H and O–H groups in total. The molecule has 1 fully saturated rings. The summed E-state index contributed by atoms with van der Waals surface area (Å²) in [5.41, 5.74) is 7.70. The summed E-state index contributed by atoms with van der Waals surface area (Å²) in [6, 6.07) is 37.9. The normalized spacial score (nSPS) is 13.0. The molecule has 484 valence electrons. The molecule has 0 bridgehead atoms. The molecule has 0 radical (unpaired) electrons. The van der Waals surface area contributed by atoms with Gasteiger partial charge >= 0.3 is 0 Å². The van der Waals surface area contributed by atoms with Gasteiger partial charge in [0.05, 0.1) is 50.7 Å². The van der Waals surface area contributed by atoms with Crippen molar-refractivity contribution in [3.05, 3.63) is 194 Å². The van der Waals surface area contributed by atoms with Gasteiger partial charge in [0.1, 0.15) is 23.0 Å². The van der Waals surface area contributed by atoms with Gasteiger partial charge in [0.15, 0.2) is 17.3 Å². The lowest BCUT2D eigenvalue weighted by Gasteiger charge is -2.44. The Morgan fingerprint density at radius 1 is 0.556 bits per heavy atom. The number of thiazole rings is 1. The second-order valence-electron chi connectivity index (χ2n) is 29.9. The van der Waals surface area contributed by atoms with Crippen molar-refractivity contribution < 1.29 is 28.8 Å². The number of Topliss-reactive ketones (excluding diaryl/α,β-unsaturated/α-hetero) is 6. The van der Waals surface area contributed by atoms with E-state index in [1.165, 1.54) is 23.1 Å². The fraction of sp³-hybridized carbons (Fsp3) is 0.455. The highest BCUT2D eigenvalue weighted by atomic mass is 35.5. The molecule has 13 heteroatoms. The van der Waals surface area contributed by atoms with Gasteiger partial charge in [-0.2, -0.15) is 5.10 Å². The first-order valence-electron chi connectivity index (χ1n) is 31.1. The molecule has 90 heavy (non-hydrogen) atoms. The number of hydrogen-bond acceptors (Lipinski definition) is 9. The van der Waals surface area contributed by atoms with E-state index < -0.39 is 5.41 Å². The molecule has 0 atom stereocenters. The molecule has 8 aromatic rings. The number of carbonyl (C=O) groups excluding carboxylic acids is 6. The number of fused-ring (bicyclic) bond motifs is 1. The summed E-state index contributed by atoms with van der Waals surface area (Å²) in [7, 11) is 3.77. The Bertz CT molecular complexity index is 3660. The second-order valence-corrected chi connectivity index (χ2v) is 31.4. The number of para-hydroxylation sites is 2. The van der Waals surface area contributed by atoms with Gasteiger partial charge in [0.2, 0.25) is 0 Å². The molecule has 0 spiro atoms. The smallest absolute Gasteiger partial charge is 0.186 e. The number of benzene rings is 4. The van der Waals surface area contributed by atoms with Gasteiger partial charge in [-0.3, -0.25) is 28.8 Å². The van der Waals surface area contributed by atoms with E-state index in [9.17, 15) is 28.8 Å². The number of halogens is 1. The van der Waals surface area contributed by atoms with E-state index in [0.717, 1.165) is 51.4 Å². The molecule has 0 aliphatic heterocycles. The SMILES string of the molecule is CC(C)(C)C(=O)c1cnn(-c2ccccc2)c1.Cc1ccc(C2(C(=O)C(C)(C)C)CCC2)cc1.Cc1ccc(CC(=O)C(C)(C)C)cc1.Cc1nc(CC(=O)C(C)(C)C)cs1.Cn1c(C(=O)C(C)(C)C)c(Cl)c2ccccc21.Cn1cccc1C(=O)C(C)(C)C. The zero-order valence-electron chi connectivity index (χ0n) is 58.3. The van der Waals surface area contributed by atoms with Crippen molar-refractivity contribution in [2.24, 2.45) is 46.6 Å². The molecule has 0 amide bonds. The Labute approximate surface area is 547 Å². The van der Waals surface area contributed by atoms with Crippen LogP contribution in [0.2, 0.25) is 5.02 Å². The lowest BCUT2D eigenvalue weighted by Crippen LogP contribution is -2.47. The van der Waals surface area contributed by atoms with Crippen molar-refractivity contribution in [2.45, 2.75) is 183 Å². The topological polar surface area (TPSA) is 143 Å². The summed E-state index contributed by atoms with van der Waals surface area (Å²) < 4.78 is 5.46. The zero-order chi connectivity index (χ0) is 68.1. The molecule has 1 saturated carbocycles. The van der Waals surface area contributed by atoms with Gasteiger partial charge in [-0.25, -0.2) is 9.67 Å². The van der Waals surface area contributed by atoms with E-state index in [-0.39, 0.29) is 55.6 Å². The van der Waals surface area contributed by atoms with E-state index >= 15 is 0 Å². The van der Waals surface area contributed by atoms with Crippen LogP contribution in [0.25, 0.3) is 16.6 Å². The van der Waals surface area contributed by atoms with E-state index in [4.69, 9.17) is 11.6 Å². The average molecular weight is 1260 g/mol. The Hall–Kier alpha value is -7.15. The molecule has 0 saturated heterocycles. The number of aromatic nitrogens is 5. The van der Waals surface area contributed by atoms with E-state index in [1.807, 2.05) is 257 Å². The number of aryl methyl sites for hydroxylation is 5. The number of ketones is 6. The molecule has 11 nitrogen and oxygen atoms in total. The standard InChI is InChI=1S/C16H22O.C14H16ClNO.C14H16N2O.C13H18O.C10H15NOS.C10H15NO/c1-12-6-8-13(9-7-12)16(10-5-11-16)14(17)15(2,3)4;1-14(2,3)13(17)12-11(15)9-7-5-6-8-10(9)16(12)4;1-14(2,3)13(17)11-9-15-16(10-11)12-7-5-4-6-8-12;1-10-5-7-11(8-6-10)9-12(14)13(2,3)4;1-7-11-8(6-13-7)5-9(12)10(2,3)4;1-10(2,3)9(12)8-6-5-7-11(8)4/h6-9H,5,10-11H2,1-4H3;5-8H,1-4H3;4-10H,1-3H3;5-8H,9H2,1-4H3;6H,5H2,1-4H3;5-7H,1-4H3. The predicted octanol–water partition coefficient (Wildman–Crippen LogP) is 19.2. The highest BCUT2D eigenvalue weighted by molar-refractivity contribution is 7.09. The maximum Gasteiger partial charge on any atom is 0.186 e. The summed E-state index contributed by atoms with van der Waals surface area (Å²) in [5.74, 6) is 1.31.